The van der Waals surface area contributed by atoms with Gasteiger partial charge in [-0.1, -0.05) is 37.3 Å². The molecule has 0 fully saturated rings. The summed E-state index contributed by atoms with van der Waals surface area (Å²) in [7, 11) is 0. The maximum atomic E-state index is 11.5. The van der Waals surface area contributed by atoms with E-state index in [1.807, 2.05) is 30.3 Å². The third kappa shape index (κ3) is 4.57. The predicted molar refractivity (Wildman–Crippen MR) is 70.6 cm³/mol. The fourth-order valence-electron chi connectivity index (χ4n) is 1.65. The first-order valence-corrected chi connectivity index (χ1v) is 6.05. The van der Waals surface area contributed by atoms with E-state index in [4.69, 9.17) is 5.73 Å². The van der Waals surface area contributed by atoms with Gasteiger partial charge in [0.15, 0.2) is 0 Å². The molecule has 3 N–H and O–H groups in total. The number of hydrogen-bond acceptors (Lipinski definition) is 2. The van der Waals surface area contributed by atoms with Gasteiger partial charge in [-0.15, -0.1) is 0 Å². The molecule has 1 atom stereocenters. The number of nitrogens with one attached hydrogen (secondary N) is 1. The highest BCUT2D eigenvalue weighted by atomic mass is 16.1. The summed E-state index contributed by atoms with van der Waals surface area (Å²) in [6, 6.07) is 9.61. The van der Waals surface area contributed by atoms with Crippen molar-refractivity contribution in [2.24, 2.45) is 5.73 Å². The number of primary amides is 1. The Kier molecular flexibility index (Phi) is 4.70. The topological polar surface area (TPSA) is 55.1 Å². The Morgan fingerprint density at radius 2 is 1.94 bits per heavy atom. The molecule has 0 saturated carbocycles. The number of carbonyl (C=O) groups is 1. The van der Waals surface area contributed by atoms with Crippen LogP contribution < -0.4 is 11.1 Å². The van der Waals surface area contributed by atoms with Crippen LogP contribution in [0.15, 0.2) is 30.3 Å². The van der Waals surface area contributed by atoms with Crippen LogP contribution in [0.1, 0.15) is 32.8 Å². The second-order valence-electron chi connectivity index (χ2n) is 5.03. The Labute approximate surface area is 103 Å². The Morgan fingerprint density at radius 1 is 1.35 bits per heavy atom. The molecule has 3 heteroatoms. The summed E-state index contributed by atoms with van der Waals surface area (Å²) >= 11 is 0. The molecule has 0 heterocycles. The Bertz CT molecular complexity index is 360. The van der Waals surface area contributed by atoms with E-state index in [0.29, 0.717) is 6.42 Å². The zero-order valence-corrected chi connectivity index (χ0v) is 10.9. The van der Waals surface area contributed by atoms with Gasteiger partial charge in [0.1, 0.15) is 0 Å². The molecule has 0 aliphatic carbocycles. The van der Waals surface area contributed by atoms with Gasteiger partial charge in [-0.3, -0.25) is 4.79 Å². The molecule has 1 amide bonds. The summed E-state index contributed by atoms with van der Waals surface area (Å²) in [5.74, 6) is -0.296. The molecule has 0 spiro atoms. The minimum absolute atomic E-state index is 0.0749. The fourth-order valence-corrected chi connectivity index (χ4v) is 1.65. The molecule has 0 unspecified atom stereocenters. The third-order valence-electron chi connectivity index (χ3n) is 3.07. The van der Waals surface area contributed by atoms with Crippen LogP contribution in [0.5, 0.6) is 0 Å². The van der Waals surface area contributed by atoms with Crippen LogP contribution in [0.2, 0.25) is 0 Å². The van der Waals surface area contributed by atoms with Crippen LogP contribution in [-0.2, 0) is 11.2 Å². The summed E-state index contributed by atoms with van der Waals surface area (Å²) in [5.41, 5.74) is 6.49. The summed E-state index contributed by atoms with van der Waals surface area (Å²) in [6.07, 6.45) is 1.59. The summed E-state index contributed by atoms with van der Waals surface area (Å²) < 4.78 is 0. The number of benzene rings is 1. The average molecular weight is 234 g/mol. The van der Waals surface area contributed by atoms with Crippen LogP contribution in [0.3, 0.4) is 0 Å². The molecule has 1 rings (SSSR count). The molecule has 94 valence electrons. The van der Waals surface area contributed by atoms with Crippen molar-refractivity contribution in [1.29, 1.82) is 0 Å². The zero-order valence-electron chi connectivity index (χ0n) is 10.9. The average Bonchev–Trinajstić information content (AvgIpc) is 2.29. The molecule has 17 heavy (non-hydrogen) atoms. The van der Waals surface area contributed by atoms with E-state index in [9.17, 15) is 4.79 Å². The molecule has 0 aromatic heterocycles. The van der Waals surface area contributed by atoms with Crippen molar-refractivity contribution in [3.63, 3.8) is 0 Å². The number of amides is 1. The van der Waals surface area contributed by atoms with E-state index in [1.165, 1.54) is 0 Å². The van der Waals surface area contributed by atoms with E-state index >= 15 is 0 Å². The van der Waals surface area contributed by atoms with E-state index < -0.39 is 0 Å². The summed E-state index contributed by atoms with van der Waals surface area (Å²) in [4.78, 5) is 11.5. The quantitative estimate of drug-likeness (QED) is 0.789. The smallest absolute Gasteiger partial charge is 0.234 e. The highest BCUT2D eigenvalue weighted by molar-refractivity contribution is 5.80. The molecule has 1 aromatic carbocycles. The molecular formula is C14H22N2O. The van der Waals surface area contributed by atoms with E-state index in [1.54, 1.807) is 0 Å². The Balaban J connectivity index is 2.71. The van der Waals surface area contributed by atoms with Gasteiger partial charge < -0.3 is 11.1 Å². The molecule has 3 nitrogen and oxygen atoms in total. The van der Waals surface area contributed by atoms with Crippen LogP contribution >= 0.6 is 0 Å². The second kappa shape index (κ2) is 5.82. The van der Waals surface area contributed by atoms with Gasteiger partial charge in [0.2, 0.25) is 5.91 Å². The third-order valence-corrected chi connectivity index (χ3v) is 3.07. The minimum atomic E-state index is -0.313. The second-order valence-corrected chi connectivity index (χ2v) is 5.03. The van der Waals surface area contributed by atoms with Gasteiger partial charge in [0.25, 0.3) is 0 Å². The summed E-state index contributed by atoms with van der Waals surface area (Å²) in [5, 5.41) is 3.32. The van der Waals surface area contributed by atoms with Crippen LogP contribution in [0.25, 0.3) is 0 Å². The van der Waals surface area contributed by atoms with Crippen LogP contribution in [-0.4, -0.2) is 17.5 Å². The largest absolute Gasteiger partial charge is 0.368 e. The molecule has 0 saturated heterocycles. The van der Waals surface area contributed by atoms with E-state index in [-0.39, 0.29) is 17.5 Å². The van der Waals surface area contributed by atoms with Gasteiger partial charge >= 0.3 is 0 Å². The van der Waals surface area contributed by atoms with Gasteiger partial charge in [-0.2, -0.15) is 0 Å². The molecule has 0 aliphatic heterocycles. The standard InChI is InChI=1S/C14H22N2O/c1-4-14(2,3)16-12(13(15)17)10-11-8-6-5-7-9-11/h5-9,12,16H,4,10H2,1-3H3,(H2,15,17)/t12-/m1/s1. The molecular weight excluding hydrogens is 212 g/mol. The van der Waals surface area contributed by atoms with Gasteiger partial charge in [-0.05, 0) is 32.3 Å². The Morgan fingerprint density at radius 3 is 2.41 bits per heavy atom. The first-order chi connectivity index (χ1) is 7.94. The highest BCUT2D eigenvalue weighted by Crippen LogP contribution is 2.11. The SMILES string of the molecule is CCC(C)(C)N[C@H](Cc1ccccc1)C(N)=O. The maximum absolute atomic E-state index is 11.5. The van der Waals surface area contributed by atoms with Gasteiger partial charge in [0.05, 0.1) is 6.04 Å². The van der Waals surface area contributed by atoms with Crippen molar-refractivity contribution in [1.82, 2.24) is 5.32 Å². The minimum Gasteiger partial charge on any atom is -0.368 e. The first kappa shape index (κ1) is 13.7. The van der Waals surface area contributed by atoms with Crippen molar-refractivity contribution in [2.75, 3.05) is 0 Å². The lowest BCUT2D eigenvalue weighted by Crippen LogP contribution is -2.52. The molecule has 1 aromatic rings. The van der Waals surface area contributed by atoms with Crippen LogP contribution in [0, 0.1) is 0 Å². The van der Waals surface area contributed by atoms with Crippen molar-refractivity contribution in [3.05, 3.63) is 35.9 Å². The first-order valence-electron chi connectivity index (χ1n) is 6.05. The van der Waals surface area contributed by atoms with Crippen LogP contribution in [0.4, 0.5) is 0 Å². The lowest BCUT2D eigenvalue weighted by Gasteiger charge is -2.29. The van der Waals surface area contributed by atoms with E-state index in [2.05, 4.69) is 26.1 Å². The fraction of sp³-hybridized carbons (Fsp3) is 0.500. The van der Waals surface area contributed by atoms with Crippen molar-refractivity contribution in [2.45, 2.75) is 45.2 Å². The molecule has 0 radical (unpaired) electrons. The maximum Gasteiger partial charge on any atom is 0.234 e. The number of rotatable bonds is 6. The van der Waals surface area contributed by atoms with Gasteiger partial charge in [-0.25, -0.2) is 0 Å². The van der Waals surface area contributed by atoms with Crippen molar-refractivity contribution < 1.29 is 4.79 Å². The monoisotopic (exact) mass is 234 g/mol. The number of hydrogen-bond donors (Lipinski definition) is 2. The lowest BCUT2D eigenvalue weighted by atomic mass is 9.97. The number of nitrogens with two attached hydrogens (primary N) is 1. The zero-order chi connectivity index (χ0) is 12.9. The van der Waals surface area contributed by atoms with Crippen molar-refractivity contribution in [3.8, 4) is 0 Å². The van der Waals surface area contributed by atoms with Crippen molar-refractivity contribution >= 4 is 5.91 Å². The molecule has 0 bridgehead atoms. The highest BCUT2D eigenvalue weighted by Gasteiger charge is 2.23. The van der Waals surface area contributed by atoms with E-state index in [0.717, 1.165) is 12.0 Å². The predicted octanol–water partition coefficient (Wildman–Crippen LogP) is 1.86. The lowest BCUT2D eigenvalue weighted by molar-refractivity contribution is -0.120. The van der Waals surface area contributed by atoms with Gasteiger partial charge in [0, 0.05) is 5.54 Å². The normalized spacial score (nSPS) is 13.4. The Hall–Kier alpha value is -1.35. The summed E-state index contributed by atoms with van der Waals surface area (Å²) in [6.45, 7) is 6.25. The molecule has 0 aliphatic rings. The number of carbonyl (C=O) groups excluding carboxylic acids is 1.